The van der Waals surface area contributed by atoms with Crippen LogP contribution in [0.4, 0.5) is 0 Å². The van der Waals surface area contributed by atoms with E-state index < -0.39 is 0 Å². The van der Waals surface area contributed by atoms with Gasteiger partial charge in [-0.2, -0.15) is 14.9 Å². The molecule has 6 nitrogen and oxygen atoms in total. The molecule has 4 rings (SSSR count). The molecular formula is C20H18ClN5OS. The van der Waals surface area contributed by atoms with Crippen LogP contribution in [0.1, 0.15) is 28.3 Å². The first-order valence-electron chi connectivity index (χ1n) is 8.74. The van der Waals surface area contributed by atoms with Gasteiger partial charge in [0.05, 0.1) is 23.8 Å². The molecular weight excluding hydrogens is 394 g/mol. The molecule has 142 valence electrons. The van der Waals surface area contributed by atoms with Crippen LogP contribution < -0.4 is 5.56 Å². The molecule has 3 heterocycles. The standard InChI is InChI=1S/C20H18ClN5OS/c1-12-17(13(2)25(24-12)11-15-6-4-5-7-18(15)21)10-22-26-14(3)23-19-16(20(26)27)8-9-28-19/h4-10H,11H2,1-3H3. The van der Waals surface area contributed by atoms with Crippen LogP contribution in [0.5, 0.6) is 0 Å². The summed E-state index contributed by atoms with van der Waals surface area (Å²) in [5, 5.41) is 12.2. The topological polar surface area (TPSA) is 65.1 Å². The highest BCUT2D eigenvalue weighted by molar-refractivity contribution is 7.16. The summed E-state index contributed by atoms with van der Waals surface area (Å²) in [7, 11) is 0. The third-order valence-electron chi connectivity index (χ3n) is 4.66. The van der Waals surface area contributed by atoms with Crippen molar-refractivity contribution in [2.24, 2.45) is 5.10 Å². The fourth-order valence-electron chi connectivity index (χ4n) is 3.10. The van der Waals surface area contributed by atoms with Crippen molar-refractivity contribution < 1.29 is 0 Å². The second-order valence-corrected chi connectivity index (χ2v) is 7.80. The summed E-state index contributed by atoms with van der Waals surface area (Å²) >= 11 is 7.72. The van der Waals surface area contributed by atoms with E-state index in [2.05, 4.69) is 15.2 Å². The first-order valence-corrected chi connectivity index (χ1v) is 10.00. The summed E-state index contributed by atoms with van der Waals surface area (Å²) in [6.45, 7) is 6.25. The molecule has 0 aliphatic rings. The number of fused-ring (bicyclic) bond motifs is 1. The number of benzene rings is 1. The van der Waals surface area contributed by atoms with Gasteiger partial charge in [-0.1, -0.05) is 29.8 Å². The number of halogens is 1. The Kier molecular flexibility index (Phi) is 4.87. The van der Waals surface area contributed by atoms with Crippen molar-refractivity contribution in [2.75, 3.05) is 0 Å². The highest BCUT2D eigenvalue weighted by Gasteiger charge is 2.13. The second kappa shape index (κ2) is 7.33. The predicted octanol–water partition coefficient (Wildman–Crippen LogP) is 4.16. The van der Waals surface area contributed by atoms with Gasteiger partial charge in [-0.3, -0.25) is 9.48 Å². The van der Waals surface area contributed by atoms with Crippen LogP contribution in [0.25, 0.3) is 10.2 Å². The number of hydrogen-bond donors (Lipinski definition) is 0. The molecule has 0 radical (unpaired) electrons. The van der Waals surface area contributed by atoms with Crippen molar-refractivity contribution in [3.8, 4) is 0 Å². The fraction of sp³-hybridized carbons (Fsp3) is 0.200. The molecule has 4 aromatic rings. The zero-order chi connectivity index (χ0) is 19.8. The summed E-state index contributed by atoms with van der Waals surface area (Å²) in [6, 6.07) is 9.49. The van der Waals surface area contributed by atoms with Crippen molar-refractivity contribution >= 4 is 39.4 Å². The van der Waals surface area contributed by atoms with E-state index >= 15 is 0 Å². The molecule has 0 amide bonds. The van der Waals surface area contributed by atoms with Gasteiger partial charge >= 0.3 is 0 Å². The largest absolute Gasteiger partial charge is 0.282 e. The van der Waals surface area contributed by atoms with Gasteiger partial charge in [0.15, 0.2) is 0 Å². The quantitative estimate of drug-likeness (QED) is 0.473. The van der Waals surface area contributed by atoms with Crippen LogP contribution in [0.3, 0.4) is 0 Å². The first kappa shape index (κ1) is 18.6. The molecule has 0 N–H and O–H groups in total. The maximum atomic E-state index is 12.7. The first-order chi connectivity index (χ1) is 13.5. The summed E-state index contributed by atoms with van der Waals surface area (Å²) in [5.74, 6) is 0.551. The molecule has 0 bridgehead atoms. The van der Waals surface area contributed by atoms with Gasteiger partial charge in [0, 0.05) is 16.3 Å². The average molecular weight is 412 g/mol. The zero-order valence-electron chi connectivity index (χ0n) is 15.7. The molecule has 0 spiro atoms. The highest BCUT2D eigenvalue weighted by atomic mass is 35.5. The van der Waals surface area contributed by atoms with Gasteiger partial charge < -0.3 is 0 Å². The molecule has 28 heavy (non-hydrogen) atoms. The lowest BCUT2D eigenvalue weighted by Crippen LogP contribution is -2.19. The minimum atomic E-state index is -0.168. The number of thiophene rings is 1. The Labute approximate surface area is 170 Å². The van der Waals surface area contributed by atoms with Crippen molar-refractivity contribution in [2.45, 2.75) is 27.3 Å². The van der Waals surface area contributed by atoms with Crippen molar-refractivity contribution in [3.63, 3.8) is 0 Å². The third kappa shape index (κ3) is 3.27. The fourth-order valence-corrected chi connectivity index (χ4v) is 4.09. The predicted molar refractivity (Wildman–Crippen MR) is 114 cm³/mol. The molecule has 0 fully saturated rings. The Morgan fingerprint density at radius 2 is 2.00 bits per heavy atom. The van der Waals surface area contributed by atoms with Crippen LogP contribution in [-0.2, 0) is 6.54 Å². The zero-order valence-corrected chi connectivity index (χ0v) is 17.3. The number of aromatic nitrogens is 4. The normalized spacial score (nSPS) is 11.7. The minimum Gasteiger partial charge on any atom is -0.267 e. The Bertz CT molecular complexity index is 1270. The lowest BCUT2D eigenvalue weighted by molar-refractivity contribution is 0.659. The number of aryl methyl sites for hydroxylation is 2. The van der Waals surface area contributed by atoms with E-state index in [9.17, 15) is 4.79 Å². The van der Waals surface area contributed by atoms with Gasteiger partial charge in [-0.15, -0.1) is 11.3 Å². The maximum Gasteiger partial charge on any atom is 0.282 e. The van der Waals surface area contributed by atoms with E-state index in [-0.39, 0.29) is 5.56 Å². The minimum absolute atomic E-state index is 0.168. The highest BCUT2D eigenvalue weighted by Crippen LogP contribution is 2.19. The molecule has 0 saturated heterocycles. The van der Waals surface area contributed by atoms with Gasteiger partial charge in [-0.05, 0) is 43.8 Å². The van der Waals surface area contributed by atoms with Crippen LogP contribution in [0.2, 0.25) is 5.02 Å². The van der Waals surface area contributed by atoms with Gasteiger partial charge in [0.25, 0.3) is 5.56 Å². The molecule has 0 unspecified atom stereocenters. The molecule has 0 aliphatic heterocycles. The molecule has 1 aromatic carbocycles. The van der Waals surface area contributed by atoms with E-state index in [4.69, 9.17) is 11.6 Å². The lowest BCUT2D eigenvalue weighted by atomic mass is 10.2. The molecule has 0 atom stereocenters. The summed E-state index contributed by atoms with van der Waals surface area (Å²) < 4.78 is 3.23. The van der Waals surface area contributed by atoms with Crippen molar-refractivity contribution in [1.29, 1.82) is 0 Å². The number of hydrogen-bond acceptors (Lipinski definition) is 5. The van der Waals surface area contributed by atoms with Crippen LogP contribution in [0, 0.1) is 20.8 Å². The van der Waals surface area contributed by atoms with E-state index in [1.807, 2.05) is 48.2 Å². The number of rotatable bonds is 4. The van der Waals surface area contributed by atoms with E-state index in [1.54, 1.807) is 19.2 Å². The lowest BCUT2D eigenvalue weighted by Gasteiger charge is -2.06. The average Bonchev–Trinajstić information content (AvgIpc) is 3.23. The van der Waals surface area contributed by atoms with E-state index in [0.29, 0.717) is 22.8 Å². The third-order valence-corrected chi connectivity index (χ3v) is 5.83. The van der Waals surface area contributed by atoms with Crippen LogP contribution in [0.15, 0.2) is 45.6 Å². The van der Waals surface area contributed by atoms with Crippen LogP contribution in [-0.4, -0.2) is 25.7 Å². The smallest absolute Gasteiger partial charge is 0.267 e. The molecule has 8 heteroatoms. The monoisotopic (exact) mass is 411 g/mol. The Hall–Kier alpha value is -2.77. The van der Waals surface area contributed by atoms with Gasteiger partial charge in [0.2, 0.25) is 0 Å². The van der Waals surface area contributed by atoms with Crippen molar-refractivity contribution in [3.05, 3.63) is 79.4 Å². The Morgan fingerprint density at radius 1 is 1.21 bits per heavy atom. The molecule has 0 aliphatic carbocycles. The van der Waals surface area contributed by atoms with E-state index in [1.165, 1.54) is 16.0 Å². The maximum absolute atomic E-state index is 12.7. The molecule has 3 aromatic heterocycles. The second-order valence-electron chi connectivity index (χ2n) is 6.49. The van der Waals surface area contributed by atoms with Gasteiger partial charge in [0.1, 0.15) is 10.7 Å². The van der Waals surface area contributed by atoms with Crippen molar-refractivity contribution in [1.82, 2.24) is 19.4 Å². The Morgan fingerprint density at radius 3 is 2.79 bits per heavy atom. The molecule has 0 saturated carbocycles. The van der Waals surface area contributed by atoms with E-state index in [0.717, 1.165) is 27.3 Å². The Balaban J connectivity index is 1.70. The van der Waals surface area contributed by atoms with Crippen LogP contribution >= 0.6 is 22.9 Å². The van der Waals surface area contributed by atoms with Gasteiger partial charge in [-0.25, -0.2) is 4.98 Å². The number of nitrogens with zero attached hydrogens (tertiary/aromatic N) is 5. The summed E-state index contributed by atoms with van der Waals surface area (Å²) in [5.41, 5.74) is 3.50. The summed E-state index contributed by atoms with van der Waals surface area (Å²) in [6.07, 6.45) is 1.68. The SMILES string of the molecule is Cc1nn(Cc2ccccc2Cl)c(C)c1C=Nn1c(C)nc2sccc2c1=O. The summed E-state index contributed by atoms with van der Waals surface area (Å²) in [4.78, 5) is 17.9.